The Morgan fingerprint density at radius 3 is 2.48 bits per heavy atom. The van der Waals surface area contributed by atoms with Crippen molar-refractivity contribution in [2.45, 2.75) is 32.1 Å². The van der Waals surface area contributed by atoms with Gasteiger partial charge in [0.05, 0.1) is 6.61 Å². The van der Waals surface area contributed by atoms with E-state index < -0.39 is 0 Å². The zero-order valence-electron chi connectivity index (χ0n) is 13.1. The van der Waals surface area contributed by atoms with Crippen molar-refractivity contribution < 1.29 is 9.47 Å². The summed E-state index contributed by atoms with van der Waals surface area (Å²) in [5.41, 5.74) is 0.939. The molecule has 1 aromatic heterocycles. The van der Waals surface area contributed by atoms with Crippen LogP contribution in [0.5, 0.6) is 0 Å². The molecule has 0 unspecified atom stereocenters. The summed E-state index contributed by atoms with van der Waals surface area (Å²) in [4.78, 5) is 11.4. The molecule has 2 rings (SSSR count). The van der Waals surface area contributed by atoms with Gasteiger partial charge in [0, 0.05) is 45.4 Å². The molecule has 1 aliphatic carbocycles. The van der Waals surface area contributed by atoms with E-state index in [0.29, 0.717) is 17.7 Å². The summed E-state index contributed by atoms with van der Waals surface area (Å²) < 4.78 is 10.4. The van der Waals surface area contributed by atoms with Gasteiger partial charge in [0.2, 0.25) is 0 Å². The summed E-state index contributed by atoms with van der Waals surface area (Å²) in [6.07, 6.45) is 3.28. The Labute approximate surface area is 131 Å². The van der Waals surface area contributed by atoms with Crippen molar-refractivity contribution in [3.63, 3.8) is 0 Å². The van der Waals surface area contributed by atoms with Gasteiger partial charge in [-0.2, -0.15) is 0 Å². The molecule has 1 heterocycles. The highest BCUT2D eigenvalue weighted by Gasteiger charge is 2.28. The lowest BCUT2D eigenvalue weighted by molar-refractivity contribution is 0.191. The molecular formula is C15H24ClN3O2. The summed E-state index contributed by atoms with van der Waals surface area (Å²) in [5.74, 6) is 2.31. The van der Waals surface area contributed by atoms with Gasteiger partial charge in [0.25, 0.3) is 0 Å². The van der Waals surface area contributed by atoms with Crippen molar-refractivity contribution in [2.75, 3.05) is 45.4 Å². The van der Waals surface area contributed by atoms with E-state index in [9.17, 15) is 0 Å². The molecule has 0 aromatic carbocycles. The van der Waals surface area contributed by atoms with E-state index in [2.05, 4.69) is 9.88 Å². The monoisotopic (exact) mass is 313 g/mol. The molecule has 1 aliphatic rings. The van der Waals surface area contributed by atoms with Crippen molar-refractivity contribution in [3.8, 4) is 0 Å². The normalized spacial score (nSPS) is 14.5. The zero-order valence-corrected chi connectivity index (χ0v) is 13.8. The molecule has 0 atom stereocenters. The Bertz CT molecular complexity index is 466. The molecule has 0 saturated heterocycles. The smallest absolute Gasteiger partial charge is 0.137 e. The van der Waals surface area contributed by atoms with Crippen molar-refractivity contribution in [1.82, 2.24) is 9.97 Å². The van der Waals surface area contributed by atoms with Crippen molar-refractivity contribution in [1.29, 1.82) is 0 Å². The SMILES string of the molecule is COCCCN(CCOC)c1nc(C2CC2)nc(Cl)c1C. The second-order valence-electron chi connectivity index (χ2n) is 5.42. The van der Waals surface area contributed by atoms with E-state index in [4.69, 9.17) is 26.1 Å². The topological polar surface area (TPSA) is 47.5 Å². The first-order valence-corrected chi connectivity index (χ1v) is 7.82. The lowest BCUT2D eigenvalue weighted by atomic mass is 10.2. The van der Waals surface area contributed by atoms with Gasteiger partial charge in [-0.1, -0.05) is 11.6 Å². The first-order valence-electron chi connectivity index (χ1n) is 7.44. The fourth-order valence-corrected chi connectivity index (χ4v) is 2.42. The fraction of sp³-hybridized carbons (Fsp3) is 0.733. The first-order chi connectivity index (χ1) is 10.2. The third kappa shape index (κ3) is 4.53. The van der Waals surface area contributed by atoms with Crippen LogP contribution >= 0.6 is 11.6 Å². The minimum atomic E-state index is 0.491. The molecule has 1 aromatic rings. The second-order valence-corrected chi connectivity index (χ2v) is 5.78. The van der Waals surface area contributed by atoms with E-state index in [1.807, 2.05) is 6.92 Å². The predicted molar refractivity (Wildman–Crippen MR) is 84.3 cm³/mol. The molecule has 0 bridgehead atoms. The number of hydrogen-bond acceptors (Lipinski definition) is 5. The van der Waals surface area contributed by atoms with Gasteiger partial charge in [-0.3, -0.25) is 0 Å². The Morgan fingerprint density at radius 2 is 1.86 bits per heavy atom. The van der Waals surface area contributed by atoms with Crippen LogP contribution in [0.1, 0.15) is 36.6 Å². The van der Waals surface area contributed by atoms with Gasteiger partial charge < -0.3 is 14.4 Å². The standard InChI is InChI=1S/C15H24ClN3O2/c1-11-13(16)17-14(12-5-6-12)18-15(11)19(8-10-21-3)7-4-9-20-2/h12H,4-10H2,1-3H3. The van der Waals surface area contributed by atoms with Crippen LogP contribution in [0.15, 0.2) is 0 Å². The van der Waals surface area contributed by atoms with Crippen molar-refractivity contribution in [2.24, 2.45) is 0 Å². The molecular weight excluding hydrogens is 290 g/mol. The third-order valence-electron chi connectivity index (χ3n) is 3.66. The third-order valence-corrected chi connectivity index (χ3v) is 4.03. The zero-order chi connectivity index (χ0) is 15.2. The highest BCUT2D eigenvalue weighted by atomic mass is 35.5. The van der Waals surface area contributed by atoms with E-state index in [0.717, 1.165) is 43.3 Å². The minimum absolute atomic E-state index is 0.491. The summed E-state index contributed by atoms with van der Waals surface area (Å²) in [5, 5.41) is 0.566. The Balaban J connectivity index is 2.19. The lowest BCUT2D eigenvalue weighted by Gasteiger charge is -2.25. The number of halogens is 1. The van der Waals surface area contributed by atoms with E-state index >= 15 is 0 Å². The highest BCUT2D eigenvalue weighted by Crippen LogP contribution is 2.39. The number of nitrogens with zero attached hydrogens (tertiary/aromatic N) is 3. The number of hydrogen-bond donors (Lipinski definition) is 0. The van der Waals surface area contributed by atoms with Crippen LogP contribution in [-0.4, -0.2) is 50.5 Å². The van der Waals surface area contributed by atoms with Crippen LogP contribution in [-0.2, 0) is 9.47 Å². The van der Waals surface area contributed by atoms with Crippen LogP contribution in [0.4, 0.5) is 5.82 Å². The maximum atomic E-state index is 6.30. The summed E-state index contributed by atoms with van der Waals surface area (Å²) in [7, 11) is 3.43. The van der Waals surface area contributed by atoms with Crippen LogP contribution in [0.25, 0.3) is 0 Å². The maximum Gasteiger partial charge on any atom is 0.137 e. The summed E-state index contributed by atoms with van der Waals surface area (Å²) in [6, 6.07) is 0. The van der Waals surface area contributed by atoms with Crippen LogP contribution in [0.3, 0.4) is 0 Å². The molecule has 21 heavy (non-hydrogen) atoms. The molecule has 1 saturated carbocycles. The minimum Gasteiger partial charge on any atom is -0.385 e. The number of aromatic nitrogens is 2. The first kappa shape index (κ1) is 16.5. The molecule has 5 nitrogen and oxygen atoms in total. The molecule has 0 spiro atoms. The largest absolute Gasteiger partial charge is 0.385 e. The molecule has 1 fully saturated rings. The Hall–Kier alpha value is -0.910. The van der Waals surface area contributed by atoms with Crippen molar-refractivity contribution in [3.05, 3.63) is 16.5 Å². The predicted octanol–water partition coefficient (Wildman–Crippen LogP) is 2.81. The second kappa shape index (κ2) is 7.92. The number of anilines is 1. The fourth-order valence-electron chi connectivity index (χ4n) is 2.25. The number of methoxy groups -OCH3 is 2. The quantitative estimate of drug-likeness (QED) is 0.518. The Kier molecular flexibility index (Phi) is 6.21. The average Bonchev–Trinajstić information content (AvgIpc) is 3.30. The van der Waals surface area contributed by atoms with E-state index in [1.165, 1.54) is 12.8 Å². The average molecular weight is 314 g/mol. The molecule has 0 aliphatic heterocycles. The van der Waals surface area contributed by atoms with Gasteiger partial charge in [0.15, 0.2) is 0 Å². The van der Waals surface area contributed by atoms with Crippen molar-refractivity contribution >= 4 is 17.4 Å². The van der Waals surface area contributed by atoms with E-state index in [1.54, 1.807) is 14.2 Å². The van der Waals surface area contributed by atoms with E-state index in [-0.39, 0.29) is 0 Å². The molecule has 118 valence electrons. The number of ether oxygens (including phenoxy) is 2. The molecule has 0 amide bonds. The number of rotatable bonds is 9. The molecule has 6 heteroatoms. The van der Waals surface area contributed by atoms with Gasteiger partial charge in [-0.05, 0) is 26.2 Å². The highest BCUT2D eigenvalue weighted by molar-refractivity contribution is 6.30. The van der Waals surface area contributed by atoms with Crippen LogP contribution < -0.4 is 4.90 Å². The molecule has 0 N–H and O–H groups in total. The van der Waals surface area contributed by atoms with Gasteiger partial charge >= 0.3 is 0 Å². The summed E-state index contributed by atoms with van der Waals surface area (Å²) in [6.45, 7) is 5.03. The molecule has 0 radical (unpaired) electrons. The Morgan fingerprint density at radius 1 is 1.14 bits per heavy atom. The summed E-state index contributed by atoms with van der Waals surface area (Å²) >= 11 is 6.30. The lowest BCUT2D eigenvalue weighted by Crippen LogP contribution is -2.31. The van der Waals surface area contributed by atoms with Gasteiger partial charge in [-0.25, -0.2) is 9.97 Å². The van der Waals surface area contributed by atoms with Crippen LogP contribution in [0, 0.1) is 6.92 Å². The van der Waals surface area contributed by atoms with Gasteiger partial charge in [-0.15, -0.1) is 0 Å². The van der Waals surface area contributed by atoms with Gasteiger partial charge in [0.1, 0.15) is 16.8 Å². The maximum absolute atomic E-state index is 6.30. The van der Waals surface area contributed by atoms with Crippen LogP contribution in [0.2, 0.25) is 5.15 Å².